The lowest BCUT2D eigenvalue weighted by Crippen LogP contribution is -2.22. The number of methoxy groups -OCH3 is 1. The molecule has 0 atom stereocenters. The van der Waals surface area contributed by atoms with E-state index in [9.17, 15) is 22.8 Å². The first kappa shape index (κ1) is 21.6. The zero-order valence-electron chi connectivity index (χ0n) is 15.4. The summed E-state index contributed by atoms with van der Waals surface area (Å²) in [4.78, 5) is 27.8. The van der Waals surface area contributed by atoms with E-state index >= 15 is 0 Å². The van der Waals surface area contributed by atoms with Gasteiger partial charge >= 0.3 is 12.1 Å². The van der Waals surface area contributed by atoms with Crippen molar-refractivity contribution in [2.24, 2.45) is 0 Å². The molecule has 0 bridgehead atoms. The molecule has 0 unspecified atom stereocenters. The molecule has 0 aliphatic carbocycles. The van der Waals surface area contributed by atoms with Crippen LogP contribution < -0.4 is 5.32 Å². The molecule has 158 valence electrons. The predicted octanol–water partition coefficient (Wildman–Crippen LogP) is 4.44. The van der Waals surface area contributed by atoms with Crippen LogP contribution in [0.5, 0.6) is 0 Å². The normalized spacial score (nSPS) is 11.5. The van der Waals surface area contributed by atoms with Crippen molar-refractivity contribution in [1.82, 2.24) is 4.98 Å². The Hall–Kier alpha value is -3.11. The van der Waals surface area contributed by atoms with E-state index in [1.165, 1.54) is 7.11 Å². The summed E-state index contributed by atoms with van der Waals surface area (Å²) >= 11 is 5.72. The van der Waals surface area contributed by atoms with Gasteiger partial charge in [0.2, 0.25) is 5.76 Å². The molecule has 0 fully saturated rings. The lowest BCUT2D eigenvalue weighted by Gasteiger charge is -2.10. The Bertz CT molecular complexity index is 1100. The number of benzene rings is 1. The van der Waals surface area contributed by atoms with Crippen molar-refractivity contribution in [3.05, 3.63) is 58.4 Å². The van der Waals surface area contributed by atoms with E-state index in [2.05, 4.69) is 10.3 Å². The van der Waals surface area contributed by atoms with Crippen LogP contribution in [-0.2, 0) is 27.1 Å². The lowest BCUT2D eigenvalue weighted by atomic mass is 10.1. The van der Waals surface area contributed by atoms with Crippen molar-refractivity contribution in [2.75, 3.05) is 19.0 Å². The van der Waals surface area contributed by atoms with Crippen molar-refractivity contribution < 1.29 is 36.7 Å². The van der Waals surface area contributed by atoms with Gasteiger partial charge in [0.15, 0.2) is 12.4 Å². The maximum atomic E-state index is 12.6. The molecule has 2 aromatic heterocycles. The first-order valence-corrected chi connectivity index (χ1v) is 8.77. The predicted molar refractivity (Wildman–Crippen MR) is 100 cm³/mol. The second kappa shape index (κ2) is 8.72. The number of ether oxygens (including phenoxy) is 2. The molecule has 1 aromatic carbocycles. The van der Waals surface area contributed by atoms with Crippen molar-refractivity contribution in [1.29, 1.82) is 0 Å². The molecule has 2 heterocycles. The van der Waals surface area contributed by atoms with Gasteiger partial charge in [-0.3, -0.25) is 4.79 Å². The first-order chi connectivity index (χ1) is 14.2. The van der Waals surface area contributed by atoms with Crippen LogP contribution in [0.4, 0.5) is 19.0 Å². The van der Waals surface area contributed by atoms with Crippen LogP contribution in [0.15, 0.2) is 40.9 Å². The minimum atomic E-state index is -4.62. The highest BCUT2D eigenvalue weighted by atomic mass is 35.5. The summed E-state index contributed by atoms with van der Waals surface area (Å²) in [5, 5.41) is 2.43. The van der Waals surface area contributed by atoms with Crippen LogP contribution in [0.1, 0.15) is 21.7 Å². The highest BCUT2D eigenvalue weighted by Crippen LogP contribution is 2.32. The number of carbonyl (C=O) groups excluding carboxylic acids is 2. The van der Waals surface area contributed by atoms with Crippen molar-refractivity contribution in [3.63, 3.8) is 0 Å². The van der Waals surface area contributed by atoms with Gasteiger partial charge in [-0.2, -0.15) is 13.2 Å². The Kier molecular flexibility index (Phi) is 6.28. The number of carbonyl (C=O) groups is 2. The number of nitrogens with one attached hydrogen (secondary N) is 1. The van der Waals surface area contributed by atoms with Crippen molar-refractivity contribution in [2.45, 2.75) is 12.8 Å². The van der Waals surface area contributed by atoms with Gasteiger partial charge in [0, 0.05) is 24.3 Å². The number of amides is 1. The summed E-state index contributed by atoms with van der Waals surface area (Å²) in [5.41, 5.74) is -0.153. The molecular formula is C19H14ClF3N2O5. The van der Waals surface area contributed by atoms with Crippen LogP contribution in [0.3, 0.4) is 0 Å². The molecule has 0 saturated heterocycles. The molecule has 0 aliphatic heterocycles. The molecule has 3 aromatic rings. The molecule has 1 N–H and O–H groups in total. The van der Waals surface area contributed by atoms with Gasteiger partial charge in [0.05, 0.1) is 17.2 Å². The Morgan fingerprint density at radius 3 is 2.67 bits per heavy atom. The van der Waals surface area contributed by atoms with E-state index in [0.717, 1.165) is 0 Å². The fourth-order valence-electron chi connectivity index (χ4n) is 2.60. The van der Waals surface area contributed by atoms with Crippen LogP contribution in [0, 0.1) is 0 Å². The standard InChI is InChI=1S/C19H14ClF3N2O5/c1-28-8-12-11-4-2-3-5-14(11)30-16(12)18(27)29-9-15(26)25-17-13(20)6-10(7-24-17)19(21,22)23/h2-7H,8-9H2,1H3,(H,24,25,26). The van der Waals surface area contributed by atoms with Crippen LogP contribution >= 0.6 is 11.6 Å². The number of para-hydroxylation sites is 1. The third-order valence-corrected chi connectivity index (χ3v) is 4.22. The first-order valence-electron chi connectivity index (χ1n) is 8.39. The minimum Gasteiger partial charge on any atom is -0.450 e. The molecule has 11 heteroatoms. The van der Waals surface area contributed by atoms with E-state index in [-0.39, 0.29) is 18.2 Å². The van der Waals surface area contributed by atoms with Gasteiger partial charge in [-0.1, -0.05) is 29.8 Å². The molecule has 1 amide bonds. The number of aromatic nitrogens is 1. The third kappa shape index (κ3) is 4.71. The minimum absolute atomic E-state index is 0.0821. The summed E-state index contributed by atoms with van der Waals surface area (Å²) in [5.74, 6) is -2.16. The second-order valence-corrected chi connectivity index (χ2v) is 6.42. The SMILES string of the molecule is COCc1c(C(=O)OCC(=O)Nc2ncc(C(F)(F)F)cc2Cl)oc2ccccc12. The maximum Gasteiger partial charge on any atom is 0.417 e. The number of nitrogens with zero attached hydrogens (tertiary/aromatic N) is 1. The van der Waals surface area contributed by atoms with Gasteiger partial charge in [0.25, 0.3) is 5.91 Å². The molecular weight excluding hydrogens is 429 g/mol. The summed E-state index contributed by atoms with van der Waals surface area (Å²) < 4.78 is 53.4. The number of rotatable bonds is 6. The Labute approximate surface area is 172 Å². The van der Waals surface area contributed by atoms with Gasteiger partial charge in [-0.15, -0.1) is 0 Å². The molecule has 7 nitrogen and oxygen atoms in total. The Morgan fingerprint density at radius 1 is 1.27 bits per heavy atom. The summed E-state index contributed by atoms with van der Waals surface area (Å²) in [6.45, 7) is -0.653. The van der Waals surface area contributed by atoms with E-state index < -0.39 is 35.2 Å². The van der Waals surface area contributed by atoms with Crippen LogP contribution in [-0.4, -0.2) is 30.6 Å². The average Bonchev–Trinajstić information content (AvgIpc) is 3.06. The topological polar surface area (TPSA) is 90.7 Å². The summed E-state index contributed by atoms with van der Waals surface area (Å²) in [6.07, 6.45) is -4.10. The third-order valence-electron chi connectivity index (χ3n) is 3.93. The largest absolute Gasteiger partial charge is 0.450 e. The van der Waals surface area contributed by atoms with E-state index in [1.54, 1.807) is 24.3 Å². The number of alkyl halides is 3. The summed E-state index contributed by atoms with van der Waals surface area (Å²) in [6, 6.07) is 7.53. The van der Waals surface area contributed by atoms with Crippen LogP contribution in [0.25, 0.3) is 11.0 Å². The highest BCUT2D eigenvalue weighted by molar-refractivity contribution is 6.33. The zero-order chi connectivity index (χ0) is 21.9. The van der Waals surface area contributed by atoms with Gasteiger partial charge in [-0.25, -0.2) is 9.78 Å². The number of fused-ring (bicyclic) bond motifs is 1. The fourth-order valence-corrected chi connectivity index (χ4v) is 2.81. The number of anilines is 1. The monoisotopic (exact) mass is 442 g/mol. The number of furan rings is 1. The van der Waals surface area contributed by atoms with Crippen molar-refractivity contribution in [3.8, 4) is 0 Å². The smallest absolute Gasteiger partial charge is 0.417 e. The van der Waals surface area contributed by atoms with Gasteiger partial charge < -0.3 is 19.2 Å². The Balaban J connectivity index is 1.67. The lowest BCUT2D eigenvalue weighted by molar-refractivity contribution is -0.137. The maximum absolute atomic E-state index is 12.6. The van der Waals surface area contributed by atoms with E-state index in [4.69, 9.17) is 25.5 Å². The highest BCUT2D eigenvalue weighted by Gasteiger charge is 2.31. The fraction of sp³-hybridized carbons (Fsp3) is 0.211. The zero-order valence-corrected chi connectivity index (χ0v) is 16.1. The molecule has 0 radical (unpaired) electrons. The number of pyridine rings is 1. The number of esters is 1. The molecule has 0 aliphatic rings. The molecule has 0 saturated carbocycles. The summed E-state index contributed by atoms with van der Waals surface area (Å²) in [7, 11) is 1.45. The molecule has 3 rings (SSSR count). The van der Waals surface area contributed by atoms with Crippen LogP contribution in [0.2, 0.25) is 5.02 Å². The average molecular weight is 443 g/mol. The molecule has 0 spiro atoms. The number of hydrogen-bond acceptors (Lipinski definition) is 6. The Morgan fingerprint density at radius 2 is 2.00 bits per heavy atom. The van der Waals surface area contributed by atoms with E-state index in [0.29, 0.717) is 28.8 Å². The molecule has 30 heavy (non-hydrogen) atoms. The van der Waals surface area contributed by atoms with Gasteiger partial charge in [0.1, 0.15) is 5.58 Å². The number of hydrogen-bond donors (Lipinski definition) is 1. The quantitative estimate of drug-likeness (QED) is 0.567. The van der Waals surface area contributed by atoms with Gasteiger partial charge in [-0.05, 0) is 12.1 Å². The van der Waals surface area contributed by atoms with Crippen molar-refractivity contribution >= 4 is 40.3 Å². The second-order valence-electron chi connectivity index (χ2n) is 6.02. The number of halogens is 4. The van der Waals surface area contributed by atoms with E-state index in [1.807, 2.05) is 0 Å².